The SMILES string of the molecule is CN=C(NCc1ccccc1Oc1ccccc1)N1CCC(c2cnn(C)c2)C1.I. The van der Waals surface area contributed by atoms with Crippen molar-refractivity contribution < 1.29 is 4.74 Å². The lowest BCUT2D eigenvalue weighted by Gasteiger charge is -2.22. The number of para-hydroxylation sites is 2. The molecule has 0 spiro atoms. The largest absolute Gasteiger partial charge is 0.457 e. The van der Waals surface area contributed by atoms with Crippen LogP contribution in [-0.2, 0) is 13.6 Å². The summed E-state index contributed by atoms with van der Waals surface area (Å²) in [6.07, 6.45) is 5.20. The van der Waals surface area contributed by atoms with Crippen molar-refractivity contribution in [2.24, 2.45) is 12.0 Å². The van der Waals surface area contributed by atoms with Crippen LogP contribution in [0.25, 0.3) is 0 Å². The quantitative estimate of drug-likeness (QED) is 0.310. The molecule has 1 aromatic heterocycles. The molecule has 1 aliphatic heterocycles. The number of aliphatic imine (C=N–C) groups is 1. The Morgan fingerprint density at radius 3 is 2.67 bits per heavy atom. The van der Waals surface area contributed by atoms with Crippen molar-refractivity contribution >= 4 is 29.9 Å². The van der Waals surface area contributed by atoms with Crippen LogP contribution in [0.2, 0.25) is 0 Å². The Bertz CT molecular complexity index is 972. The van der Waals surface area contributed by atoms with Gasteiger partial charge in [-0.05, 0) is 30.2 Å². The van der Waals surface area contributed by atoms with Gasteiger partial charge in [-0.2, -0.15) is 5.10 Å². The van der Waals surface area contributed by atoms with Crippen LogP contribution >= 0.6 is 24.0 Å². The highest BCUT2D eigenvalue weighted by Gasteiger charge is 2.26. The third-order valence-corrected chi connectivity index (χ3v) is 5.28. The molecule has 0 aliphatic carbocycles. The Labute approximate surface area is 195 Å². The molecule has 158 valence electrons. The van der Waals surface area contributed by atoms with Crippen LogP contribution in [0.1, 0.15) is 23.5 Å². The Hall–Kier alpha value is -2.55. The predicted octanol–water partition coefficient (Wildman–Crippen LogP) is 4.40. The van der Waals surface area contributed by atoms with Gasteiger partial charge >= 0.3 is 0 Å². The number of ether oxygens (including phenoxy) is 1. The molecule has 0 bridgehead atoms. The summed E-state index contributed by atoms with van der Waals surface area (Å²) >= 11 is 0. The van der Waals surface area contributed by atoms with Gasteiger partial charge in [0.1, 0.15) is 11.5 Å². The second kappa shape index (κ2) is 10.5. The molecule has 1 saturated heterocycles. The van der Waals surface area contributed by atoms with Crippen molar-refractivity contribution in [1.29, 1.82) is 0 Å². The third kappa shape index (κ3) is 5.33. The van der Waals surface area contributed by atoms with Gasteiger partial charge in [-0.15, -0.1) is 24.0 Å². The van der Waals surface area contributed by atoms with E-state index in [2.05, 4.69) is 32.6 Å². The summed E-state index contributed by atoms with van der Waals surface area (Å²) in [6.45, 7) is 2.60. The molecule has 1 atom stereocenters. The first kappa shape index (κ1) is 22.1. The number of aryl methyl sites for hydroxylation is 1. The lowest BCUT2D eigenvalue weighted by molar-refractivity contribution is 0.468. The van der Waals surface area contributed by atoms with Gasteiger partial charge in [-0.1, -0.05) is 36.4 Å². The number of benzene rings is 2. The molecule has 0 radical (unpaired) electrons. The Morgan fingerprint density at radius 1 is 1.17 bits per heavy atom. The standard InChI is InChI=1S/C23H27N5O.HI/c1-24-23(28-13-12-19(17-28)20-15-26-27(2)16-20)25-14-18-8-6-7-11-22(18)29-21-9-4-3-5-10-21;/h3-11,15-16,19H,12-14,17H2,1-2H3,(H,24,25);1H. The first-order chi connectivity index (χ1) is 14.2. The number of halogens is 1. The zero-order valence-electron chi connectivity index (χ0n) is 17.4. The molecule has 0 amide bonds. The minimum Gasteiger partial charge on any atom is -0.457 e. The fourth-order valence-corrected chi connectivity index (χ4v) is 3.75. The van der Waals surface area contributed by atoms with Gasteiger partial charge in [0, 0.05) is 51.4 Å². The van der Waals surface area contributed by atoms with Crippen molar-refractivity contribution in [3.63, 3.8) is 0 Å². The maximum atomic E-state index is 6.08. The van der Waals surface area contributed by atoms with E-state index in [0.717, 1.165) is 42.5 Å². The molecular weight excluding hydrogens is 489 g/mol. The van der Waals surface area contributed by atoms with Crippen molar-refractivity contribution in [2.45, 2.75) is 18.9 Å². The molecule has 1 aliphatic rings. The molecule has 0 saturated carbocycles. The lowest BCUT2D eigenvalue weighted by atomic mass is 10.0. The molecule has 1 N–H and O–H groups in total. The van der Waals surface area contributed by atoms with Crippen LogP contribution in [0.5, 0.6) is 11.5 Å². The number of aromatic nitrogens is 2. The normalized spacial score (nSPS) is 16.3. The fraction of sp³-hybridized carbons (Fsp3) is 0.304. The van der Waals surface area contributed by atoms with Gasteiger partial charge in [0.05, 0.1) is 6.20 Å². The van der Waals surface area contributed by atoms with Crippen molar-refractivity contribution in [1.82, 2.24) is 20.0 Å². The summed E-state index contributed by atoms with van der Waals surface area (Å²) in [5.41, 5.74) is 2.40. The molecule has 6 nitrogen and oxygen atoms in total. The van der Waals surface area contributed by atoms with E-state index in [1.54, 1.807) is 0 Å². The highest BCUT2D eigenvalue weighted by Crippen LogP contribution is 2.27. The number of hydrogen-bond acceptors (Lipinski definition) is 3. The first-order valence-electron chi connectivity index (χ1n) is 9.98. The third-order valence-electron chi connectivity index (χ3n) is 5.28. The average molecular weight is 517 g/mol. The monoisotopic (exact) mass is 517 g/mol. The summed E-state index contributed by atoms with van der Waals surface area (Å²) in [5, 5.41) is 7.82. The lowest BCUT2D eigenvalue weighted by Crippen LogP contribution is -2.39. The Kier molecular flexibility index (Phi) is 7.73. The van der Waals surface area contributed by atoms with E-state index < -0.39 is 0 Å². The molecule has 4 rings (SSSR count). The predicted molar refractivity (Wildman–Crippen MR) is 131 cm³/mol. The van der Waals surface area contributed by atoms with Gasteiger partial charge < -0.3 is 15.0 Å². The van der Waals surface area contributed by atoms with E-state index in [4.69, 9.17) is 4.74 Å². The molecule has 7 heteroatoms. The summed E-state index contributed by atoms with van der Waals surface area (Å²) in [5.74, 6) is 3.11. The fourth-order valence-electron chi connectivity index (χ4n) is 3.75. The van der Waals surface area contributed by atoms with Crippen molar-refractivity contribution in [3.8, 4) is 11.5 Å². The molecule has 2 aromatic carbocycles. The van der Waals surface area contributed by atoms with Crippen LogP contribution in [0.15, 0.2) is 72.0 Å². The molecule has 2 heterocycles. The van der Waals surface area contributed by atoms with Gasteiger partial charge in [-0.3, -0.25) is 9.67 Å². The summed E-state index contributed by atoms with van der Waals surface area (Å²) in [4.78, 5) is 6.82. The van der Waals surface area contributed by atoms with Crippen LogP contribution in [0.4, 0.5) is 0 Å². The van der Waals surface area contributed by atoms with E-state index in [1.807, 2.05) is 73.5 Å². The highest BCUT2D eigenvalue weighted by molar-refractivity contribution is 14.0. The van der Waals surface area contributed by atoms with Gasteiger partial charge in [-0.25, -0.2) is 0 Å². The van der Waals surface area contributed by atoms with Crippen LogP contribution in [-0.4, -0.2) is 40.8 Å². The zero-order chi connectivity index (χ0) is 20.1. The van der Waals surface area contributed by atoms with E-state index >= 15 is 0 Å². The second-order valence-electron chi connectivity index (χ2n) is 7.30. The summed E-state index contributed by atoms with van der Waals surface area (Å²) in [7, 11) is 3.80. The van der Waals surface area contributed by atoms with Crippen LogP contribution in [0, 0.1) is 0 Å². The minimum atomic E-state index is 0. The van der Waals surface area contributed by atoms with Gasteiger partial charge in [0.15, 0.2) is 5.96 Å². The van der Waals surface area contributed by atoms with Crippen molar-refractivity contribution in [2.75, 3.05) is 20.1 Å². The summed E-state index contributed by atoms with van der Waals surface area (Å²) < 4.78 is 7.95. The van der Waals surface area contributed by atoms with E-state index in [1.165, 1.54) is 5.56 Å². The molecule has 30 heavy (non-hydrogen) atoms. The van der Waals surface area contributed by atoms with Gasteiger partial charge in [0.25, 0.3) is 0 Å². The molecule has 3 aromatic rings. The molecule has 1 unspecified atom stereocenters. The topological polar surface area (TPSA) is 54.7 Å². The number of guanidine groups is 1. The number of hydrogen-bond donors (Lipinski definition) is 1. The molecule has 1 fully saturated rings. The zero-order valence-corrected chi connectivity index (χ0v) is 19.7. The van der Waals surface area contributed by atoms with E-state index in [9.17, 15) is 0 Å². The average Bonchev–Trinajstić information content (AvgIpc) is 3.40. The van der Waals surface area contributed by atoms with Gasteiger partial charge in [0.2, 0.25) is 0 Å². The number of rotatable bonds is 5. The first-order valence-corrected chi connectivity index (χ1v) is 9.98. The number of likely N-dealkylation sites (tertiary alicyclic amines) is 1. The summed E-state index contributed by atoms with van der Waals surface area (Å²) in [6, 6.07) is 18.0. The number of nitrogens with zero attached hydrogens (tertiary/aromatic N) is 4. The molecular formula is C23H28IN5O. The van der Waals surface area contributed by atoms with Crippen LogP contribution in [0.3, 0.4) is 0 Å². The Balaban J connectivity index is 0.00000256. The minimum absolute atomic E-state index is 0. The maximum absolute atomic E-state index is 6.08. The smallest absolute Gasteiger partial charge is 0.193 e. The Morgan fingerprint density at radius 2 is 1.93 bits per heavy atom. The maximum Gasteiger partial charge on any atom is 0.193 e. The second-order valence-corrected chi connectivity index (χ2v) is 7.30. The van der Waals surface area contributed by atoms with E-state index in [-0.39, 0.29) is 24.0 Å². The van der Waals surface area contributed by atoms with Crippen LogP contribution < -0.4 is 10.1 Å². The van der Waals surface area contributed by atoms with Crippen molar-refractivity contribution in [3.05, 3.63) is 78.1 Å². The highest BCUT2D eigenvalue weighted by atomic mass is 127. The van der Waals surface area contributed by atoms with E-state index in [0.29, 0.717) is 12.5 Å². The number of nitrogens with one attached hydrogen (secondary N) is 1.